The molecule has 0 aromatic heterocycles. The molecule has 0 atom stereocenters. The summed E-state index contributed by atoms with van der Waals surface area (Å²) in [4.78, 5) is 15.5. The summed E-state index contributed by atoms with van der Waals surface area (Å²) >= 11 is 0. The Hall–Kier alpha value is -2.00. The van der Waals surface area contributed by atoms with Crippen molar-refractivity contribution >= 4 is 5.91 Å². The van der Waals surface area contributed by atoms with Gasteiger partial charge in [0.05, 0.1) is 6.07 Å². The number of hydroxylamine groups is 1. The lowest BCUT2D eigenvalue weighted by Gasteiger charge is -2.04. The highest BCUT2D eigenvalue weighted by atomic mass is 19.1. The summed E-state index contributed by atoms with van der Waals surface area (Å²) in [5, 5.41) is 8.08. The van der Waals surface area contributed by atoms with Crippen molar-refractivity contribution < 1.29 is 18.4 Å². The van der Waals surface area contributed by atoms with Gasteiger partial charge in [-0.2, -0.15) is 5.26 Å². The number of nitrogens with one attached hydrogen (secondary N) is 1. The monoisotopic (exact) mass is 212 g/mol. The van der Waals surface area contributed by atoms with Gasteiger partial charge >= 0.3 is 0 Å². The molecule has 1 aromatic carbocycles. The van der Waals surface area contributed by atoms with E-state index in [9.17, 15) is 13.6 Å². The fourth-order valence-corrected chi connectivity index (χ4v) is 0.900. The van der Waals surface area contributed by atoms with E-state index in [1.165, 1.54) is 0 Å². The third-order valence-electron chi connectivity index (χ3n) is 1.49. The summed E-state index contributed by atoms with van der Waals surface area (Å²) < 4.78 is 26.0. The van der Waals surface area contributed by atoms with Crippen LogP contribution in [0.15, 0.2) is 18.2 Å². The van der Waals surface area contributed by atoms with Crippen LogP contribution in [0.1, 0.15) is 10.4 Å². The Kier molecular flexibility index (Phi) is 3.71. The maximum atomic E-state index is 13.0. The van der Waals surface area contributed by atoms with Crippen molar-refractivity contribution in [2.24, 2.45) is 0 Å². The molecule has 1 amide bonds. The molecule has 0 aliphatic carbocycles. The van der Waals surface area contributed by atoms with Gasteiger partial charge in [-0.1, -0.05) is 6.07 Å². The number of benzene rings is 1. The molecule has 1 N–H and O–H groups in total. The minimum absolute atomic E-state index is 0.401. The highest BCUT2D eigenvalue weighted by Crippen LogP contribution is 2.11. The van der Waals surface area contributed by atoms with E-state index in [0.717, 1.165) is 18.2 Å². The lowest BCUT2D eigenvalue weighted by Crippen LogP contribution is -2.25. The van der Waals surface area contributed by atoms with Gasteiger partial charge < -0.3 is 0 Å². The van der Waals surface area contributed by atoms with Crippen molar-refractivity contribution in [2.75, 3.05) is 6.61 Å². The zero-order valence-corrected chi connectivity index (χ0v) is 7.46. The molecule has 0 unspecified atom stereocenters. The van der Waals surface area contributed by atoms with Crippen LogP contribution in [0.2, 0.25) is 0 Å². The lowest BCUT2D eigenvalue weighted by molar-refractivity contribution is 0.0426. The number of rotatable bonds is 3. The van der Waals surface area contributed by atoms with E-state index in [2.05, 4.69) is 4.84 Å². The number of amides is 1. The molecule has 0 saturated heterocycles. The highest BCUT2D eigenvalue weighted by molar-refractivity contribution is 5.93. The zero-order chi connectivity index (χ0) is 11.3. The van der Waals surface area contributed by atoms with Gasteiger partial charge in [-0.05, 0) is 12.1 Å². The van der Waals surface area contributed by atoms with Crippen molar-refractivity contribution in [1.82, 2.24) is 5.48 Å². The second-order valence-electron chi connectivity index (χ2n) is 2.47. The van der Waals surface area contributed by atoms with Gasteiger partial charge in [0.25, 0.3) is 5.91 Å². The van der Waals surface area contributed by atoms with Crippen LogP contribution < -0.4 is 5.48 Å². The van der Waals surface area contributed by atoms with E-state index in [0.29, 0.717) is 0 Å². The van der Waals surface area contributed by atoms with Crippen molar-refractivity contribution in [2.45, 2.75) is 0 Å². The molecule has 0 saturated carbocycles. The van der Waals surface area contributed by atoms with Crippen LogP contribution in [-0.2, 0) is 4.84 Å². The summed E-state index contributed by atoms with van der Waals surface area (Å²) in [6.07, 6.45) is 0. The number of hydrogen-bond donors (Lipinski definition) is 1. The number of halogens is 2. The van der Waals surface area contributed by atoms with Gasteiger partial charge in [-0.25, -0.2) is 14.3 Å². The third-order valence-corrected chi connectivity index (χ3v) is 1.49. The number of nitriles is 1. The number of carbonyl (C=O) groups is 1. The number of hydrogen-bond acceptors (Lipinski definition) is 3. The Balaban J connectivity index is 2.78. The Labute approximate surface area is 84.0 Å². The van der Waals surface area contributed by atoms with E-state index < -0.39 is 29.7 Å². The van der Waals surface area contributed by atoms with E-state index in [1.807, 2.05) is 0 Å². The normalized spacial score (nSPS) is 9.40. The second-order valence-corrected chi connectivity index (χ2v) is 2.47. The standard InChI is InChI=1S/C9H6F2N2O2/c10-6-2-1-3-7(11)8(6)9(14)13-15-5-4-12/h1-3H,5H2,(H,13,14). The summed E-state index contributed by atoms with van der Waals surface area (Å²) in [6, 6.07) is 4.61. The van der Waals surface area contributed by atoms with E-state index >= 15 is 0 Å². The highest BCUT2D eigenvalue weighted by Gasteiger charge is 2.16. The molecule has 6 heteroatoms. The van der Waals surface area contributed by atoms with Gasteiger partial charge in [0.15, 0.2) is 6.61 Å². The third kappa shape index (κ3) is 2.72. The average molecular weight is 212 g/mol. The number of nitrogens with zero attached hydrogens (tertiary/aromatic N) is 1. The van der Waals surface area contributed by atoms with Crippen molar-refractivity contribution in [3.8, 4) is 6.07 Å². The first-order valence-corrected chi connectivity index (χ1v) is 3.90. The maximum absolute atomic E-state index is 13.0. The predicted molar refractivity (Wildman–Crippen MR) is 45.4 cm³/mol. The van der Waals surface area contributed by atoms with E-state index in [1.54, 1.807) is 11.5 Å². The van der Waals surface area contributed by atoms with Crippen LogP contribution >= 0.6 is 0 Å². The van der Waals surface area contributed by atoms with Gasteiger partial charge in [-0.15, -0.1) is 0 Å². The molecule has 0 radical (unpaired) electrons. The fraction of sp³-hybridized carbons (Fsp3) is 0.111. The zero-order valence-electron chi connectivity index (χ0n) is 7.46. The van der Waals surface area contributed by atoms with E-state index in [4.69, 9.17) is 5.26 Å². The molecule has 0 aliphatic rings. The lowest BCUT2D eigenvalue weighted by atomic mass is 10.2. The Morgan fingerprint density at radius 1 is 1.47 bits per heavy atom. The van der Waals surface area contributed by atoms with Crippen molar-refractivity contribution in [3.05, 3.63) is 35.4 Å². The Bertz CT molecular complexity index is 395. The van der Waals surface area contributed by atoms with Crippen LogP contribution in [0.5, 0.6) is 0 Å². The first-order chi connectivity index (χ1) is 7.16. The smallest absolute Gasteiger partial charge is 0.267 e. The molecule has 0 fully saturated rings. The fourth-order valence-electron chi connectivity index (χ4n) is 0.900. The molecular formula is C9H6F2N2O2. The van der Waals surface area contributed by atoms with Crippen LogP contribution in [-0.4, -0.2) is 12.5 Å². The van der Waals surface area contributed by atoms with E-state index in [-0.39, 0.29) is 0 Å². The molecular weight excluding hydrogens is 206 g/mol. The summed E-state index contributed by atoms with van der Waals surface area (Å²) in [7, 11) is 0. The molecule has 1 aromatic rings. The van der Waals surface area contributed by atoms with Crippen LogP contribution in [0.3, 0.4) is 0 Å². The summed E-state index contributed by atoms with van der Waals surface area (Å²) in [5.74, 6) is -3.05. The summed E-state index contributed by atoms with van der Waals surface area (Å²) in [6.45, 7) is -0.401. The second kappa shape index (κ2) is 5.02. The average Bonchev–Trinajstić information content (AvgIpc) is 2.18. The number of carbonyl (C=O) groups excluding carboxylic acids is 1. The van der Waals surface area contributed by atoms with Crippen molar-refractivity contribution in [1.29, 1.82) is 5.26 Å². The summed E-state index contributed by atoms with van der Waals surface area (Å²) in [5.41, 5.74) is 1.000. The first-order valence-electron chi connectivity index (χ1n) is 3.90. The largest absolute Gasteiger partial charge is 0.280 e. The topological polar surface area (TPSA) is 62.1 Å². The van der Waals surface area contributed by atoms with Crippen molar-refractivity contribution in [3.63, 3.8) is 0 Å². The minimum Gasteiger partial charge on any atom is -0.267 e. The SMILES string of the molecule is N#CCONC(=O)c1c(F)cccc1F. The molecule has 15 heavy (non-hydrogen) atoms. The first kappa shape index (κ1) is 11.1. The quantitative estimate of drug-likeness (QED) is 0.603. The Morgan fingerprint density at radius 3 is 2.60 bits per heavy atom. The molecule has 0 aliphatic heterocycles. The molecule has 0 bridgehead atoms. The molecule has 78 valence electrons. The van der Waals surface area contributed by atoms with Gasteiger partial charge in [-0.3, -0.25) is 9.63 Å². The molecule has 0 heterocycles. The van der Waals surface area contributed by atoms with Gasteiger partial charge in [0.2, 0.25) is 0 Å². The van der Waals surface area contributed by atoms with Gasteiger partial charge in [0, 0.05) is 0 Å². The van der Waals surface area contributed by atoms with Crippen LogP contribution in [0.4, 0.5) is 8.78 Å². The molecule has 4 nitrogen and oxygen atoms in total. The van der Waals surface area contributed by atoms with Crippen LogP contribution in [0, 0.1) is 23.0 Å². The molecule has 0 spiro atoms. The Morgan fingerprint density at radius 2 is 2.07 bits per heavy atom. The molecule has 1 rings (SSSR count). The van der Waals surface area contributed by atoms with Crippen LogP contribution in [0.25, 0.3) is 0 Å². The predicted octanol–water partition coefficient (Wildman–Crippen LogP) is 1.15. The van der Waals surface area contributed by atoms with Gasteiger partial charge in [0.1, 0.15) is 17.2 Å². The maximum Gasteiger partial charge on any atom is 0.280 e. The minimum atomic E-state index is -1.07.